The van der Waals surface area contributed by atoms with Crippen LogP contribution in [0.1, 0.15) is 56.8 Å². The van der Waals surface area contributed by atoms with E-state index >= 15 is 0 Å². The van der Waals surface area contributed by atoms with Gasteiger partial charge in [-0.1, -0.05) is 39.3 Å². The third-order valence-corrected chi connectivity index (χ3v) is 4.83. The van der Waals surface area contributed by atoms with Gasteiger partial charge in [0.15, 0.2) is 0 Å². The molecular weight excluding hydrogens is 260 g/mol. The zero-order valence-electron chi connectivity index (χ0n) is 13.6. The van der Waals surface area contributed by atoms with Crippen molar-refractivity contribution in [2.75, 3.05) is 25.0 Å². The summed E-state index contributed by atoms with van der Waals surface area (Å²) in [5.74, 6) is 0.173. The van der Waals surface area contributed by atoms with Crippen LogP contribution < -0.4 is 5.32 Å². The van der Waals surface area contributed by atoms with Crippen LogP contribution in [0.25, 0.3) is 0 Å². The fraction of sp³-hybridized carbons (Fsp3) is 0.611. The van der Waals surface area contributed by atoms with Crippen molar-refractivity contribution in [1.29, 1.82) is 0 Å². The topological polar surface area (TPSA) is 32.3 Å². The highest BCUT2D eigenvalue weighted by atomic mass is 16.2. The van der Waals surface area contributed by atoms with Gasteiger partial charge < -0.3 is 10.2 Å². The zero-order valence-corrected chi connectivity index (χ0v) is 13.6. The van der Waals surface area contributed by atoms with Crippen molar-refractivity contribution in [2.45, 2.75) is 46.5 Å². The number of piperidine rings is 1. The van der Waals surface area contributed by atoms with Crippen molar-refractivity contribution in [2.24, 2.45) is 5.41 Å². The predicted molar refractivity (Wildman–Crippen MR) is 88.8 cm³/mol. The number of nitrogens with one attached hydrogen (secondary N) is 1. The average Bonchev–Trinajstić information content (AvgIpc) is 2.53. The highest BCUT2D eigenvalue weighted by molar-refractivity contribution is 5.99. The van der Waals surface area contributed by atoms with Crippen molar-refractivity contribution < 1.29 is 4.79 Å². The molecule has 1 heterocycles. The number of nitrogens with zero attached hydrogens (tertiary/aromatic N) is 1. The Morgan fingerprint density at radius 3 is 2.52 bits per heavy atom. The van der Waals surface area contributed by atoms with Crippen molar-refractivity contribution in [1.82, 2.24) is 4.90 Å². The zero-order chi connectivity index (χ0) is 15.3. The molecule has 1 aliphatic rings. The Hall–Kier alpha value is -1.51. The van der Waals surface area contributed by atoms with Gasteiger partial charge in [0, 0.05) is 25.3 Å². The van der Waals surface area contributed by atoms with Crippen LogP contribution in [-0.2, 0) is 0 Å². The second-order valence-electron chi connectivity index (χ2n) is 6.43. The largest absolute Gasteiger partial charge is 0.384 e. The molecule has 0 aromatic heterocycles. The standard InChI is InChI=1S/C18H28N2O/c1-4-12-19-16-9-7-6-8-15(16)17(21)20-13-10-18(3,5-2)11-14-20/h6-9,19H,4-5,10-14H2,1-3H3. The minimum absolute atomic E-state index is 0.173. The fourth-order valence-corrected chi connectivity index (χ4v) is 2.86. The summed E-state index contributed by atoms with van der Waals surface area (Å²) in [6, 6.07) is 7.88. The molecule has 1 fully saturated rings. The summed E-state index contributed by atoms with van der Waals surface area (Å²) in [4.78, 5) is 14.8. The number of anilines is 1. The maximum absolute atomic E-state index is 12.8. The first-order valence-corrected chi connectivity index (χ1v) is 8.22. The Balaban J connectivity index is 2.07. The van der Waals surface area contributed by atoms with Crippen LogP contribution in [0.4, 0.5) is 5.69 Å². The van der Waals surface area contributed by atoms with Gasteiger partial charge in [-0.05, 0) is 36.8 Å². The van der Waals surface area contributed by atoms with E-state index in [0.29, 0.717) is 5.41 Å². The van der Waals surface area contributed by atoms with E-state index in [0.717, 1.165) is 50.1 Å². The number of hydrogen-bond acceptors (Lipinski definition) is 2. The Bertz CT molecular complexity index is 476. The van der Waals surface area contributed by atoms with E-state index in [-0.39, 0.29) is 5.91 Å². The summed E-state index contributed by atoms with van der Waals surface area (Å²) in [7, 11) is 0. The lowest BCUT2D eigenvalue weighted by atomic mass is 9.78. The molecule has 3 heteroatoms. The molecule has 21 heavy (non-hydrogen) atoms. The van der Waals surface area contributed by atoms with E-state index in [1.165, 1.54) is 6.42 Å². The van der Waals surface area contributed by atoms with Crippen molar-refractivity contribution in [3.63, 3.8) is 0 Å². The minimum Gasteiger partial charge on any atom is -0.384 e. The first kappa shape index (κ1) is 15.9. The van der Waals surface area contributed by atoms with E-state index in [4.69, 9.17) is 0 Å². The quantitative estimate of drug-likeness (QED) is 0.882. The third kappa shape index (κ3) is 3.78. The number of amides is 1. The molecule has 0 unspecified atom stereocenters. The second kappa shape index (κ2) is 6.97. The van der Waals surface area contributed by atoms with Crippen molar-refractivity contribution in [3.05, 3.63) is 29.8 Å². The number of rotatable bonds is 5. The summed E-state index contributed by atoms with van der Waals surface area (Å²) < 4.78 is 0. The van der Waals surface area contributed by atoms with Crippen LogP contribution in [-0.4, -0.2) is 30.4 Å². The van der Waals surface area contributed by atoms with Gasteiger partial charge in [-0.25, -0.2) is 0 Å². The summed E-state index contributed by atoms with van der Waals surface area (Å²) in [5, 5.41) is 3.36. The van der Waals surface area contributed by atoms with Gasteiger partial charge >= 0.3 is 0 Å². The second-order valence-corrected chi connectivity index (χ2v) is 6.43. The van der Waals surface area contributed by atoms with Gasteiger partial charge in [0.1, 0.15) is 0 Å². The molecule has 1 aliphatic heterocycles. The van der Waals surface area contributed by atoms with E-state index in [1.807, 2.05) is 29.2 Å². The lowest BCUT2D eigenvalue weighted by molar-refractivity contribution is 0.0601. The molecule has 116 valence electrons. The van der Waals surface area contributed by atoms with E-state index in [9.17, 15) is 4.79 Å². The smallest absolute Gasteiger partial charge is 0.255 e. The van der Waals surface area contributed by atoms with E-state index in [2.05, 4.69) is 26.1 Å². The van der Waals surface area contributed by atoms with Crippen LogP contribution >= 0.6 is 0 Å². The average molecular weight is 288 g/mol. The molecule has 0 saturated carbocycles. The molecule has 1 saturated heterocycles. The molecule has 0 aliphatic carbocycles. The van der Waals surface area contributed by atoms with E-state index in [1.54, 1.807) is 0 Å². The fourth-order valence-electron chi connectivity index (χ4n) is 2.86. The predicted octanol–water partition coefficient (Wildman–Crippen LogP) is 4.16. The van der Waals surface area contributed by atoms with Crippen LogP contribution in [0.5, 0.6) is 0 Å². The number of benzene rings is 1. The Morgan fingerprint density at radius 2 is 1.90 bits per heavy atom. The summed E-state index contributed by atoms with van der Waals surface area (Å²) in [6.45, 7) is 9.38. The van der Waals surface area contributed by atoms with Crippen LogP contribution in [0.15, 0.2) is 24.3 Å². The monoisotopic (exact) mass is 288 g/mol. The van der Waals surface area contributed by atoms with Gasteiger partial charge in [-0.3, -0.25) is 4.79 Å². The third-order valence-electron chi connectivity index (χ3n) is 4.83. The summed E-state index contributed by atoms with van der Waals surface area (Å²) in [6.07, 6.45) is 4.48. The molecular formula is C18H28N2O. The lowest BCUT2D eigenvalue weighted by Gasteiger charge is -2.39. The Morgan fingerprint density at radius 1 is 1.24 bits per heavy atom. The van der Waals surface area contributed by atoms with Gasteiger partial charge in [-0.2, -0.15) is 0 Å². The Kier molecular flexibility index (Phi) is 5.27. The van der Waals surface area contributed by atoms with Gasteiger partial charge in [0.2, 0.25) is 0 Å². The normalized spacial score (nSPS) is 17.6. The number of para-hydroxylation sites is 1. The van der Waals surface area contributed by atoms with Gasteiger partial charge in [0.05, 0.1) is 5.56 Å². The summed E-state index contributed by atoms with van der Waals surface area (Å²) in [5.41, 5.74) is 2.19. The first-order chi connectivity index (χ1) is 10.1. The van der Waals surface area contributed by atoms with Crippen LogP contribution in [0, 0.1) is 5.41 Å². The molecule has 0 bridgehead atoms. The number of hydrogen-bond donors (Lipinski definition) is 1. The Labute approximate surface area is 128 Å². The maximum atomic E-state index is 12.8. The highest BCUT2D eigenvalue weighted by Crippen LogP contribution is 2.34. The van der Waals surface area contributed by atoms with Crippen molar-refractivity contribution >= 4 is 11.6 Å². The van der Waals surface area contributed by atoms with Crippen molar-refractivity contribution in [3.8, 4) is 0 Å². The lowest BCUT2D eigenvalue weighted by Crippen LogP contribution is -2.42. The maximum Gasteiger partial charge on any atom is 0.255 e. The van der Waals surface area contributed by atoms with E-state index < -0.39 is 0 Å². The SMILES string of the molecule is CCCNc1ccccc1C(=O)N1CCC(C)(CC)CC1. The van der Waals surface area contributed by atoms with Crippen LogP contribution in [0.2, 0.25) is 0 Å². The number of carbonyl (C=O) groups excluding carboxylic acids is 1. The molecule has 1 aromatic rings. The minimum atomic E-state index is 0.173. The van der Waals surface area contributed by atoms with Crippen LogP contribution in [0.3, 0.4) is 0 Å². The summed E-state index contributed by atoms with van der Waals surface area (Å²) >= 11 is 0. The number of likely N-dealkylation sites (tertiary alicyclic amines) is 1. The molecule has 0 radical (unpaired) electrons. The molecule has 2 rings (SSSR count). The first-order valence-electron chi connectivity index (χ1n) is 8.22. The molecule has 1 N–H and O–H groups in total. The van der Waals surface area contributed by atoms with Gasteiger partial charge in [0.25, 0.3) is 5.91 Å². The molecule has 1 aromatic carbocycles. The molecule has 0 spiro atoms. The van der Waals surface area contributed by atoms with Gasteiger partial charge in [-0.15, -0.1) is 0 Å². The number of carbonyl (C=O) groups is 1. The molecule has 3 nitrogen and oxygen atoms in total. The molecule has 0 atom stereocenters. The molecule has 1 amide bonds. The highest BCUT2D eigenvalue weighted by Gasteiger charge is 2.31.